The molecule has 31 heavy (non-hydrogen) atoms. The van der Waals surface area contributed by atoms with E-state index in [2.05, 4.69) is 9.38 Å². The Balaban J connectivity index is 1.34. The molecule has 0 unspecified atom stereocenters. The van der Waals surface area contributed by atoms with E-state index in [0.717, 1.165) is 16.1 Å². The first-order valence-electron chi connectivity index (χ1n) is 9.37. The Hall–Kier alpha value is -3.18. The molecule has 0 atom stereocenters. The van der Waals surface area contributed by atoms with Gasteiger partial charge in [0.15, 0.2) is 5.17 Å². The zero-order valence-electron chi connectivity index (χ0n) is 16.3. The molecule has 5 rings (SSSR count). The van der Waals surface area contributed by atoms with Gasteiger partial charge in [0.2, 0.25) is 0 Å². The van der Waals surface area contributed by atoms with Gasteiger partial charge in [-0.05, 0) is 48.5 Å². The van der Waals surface area contributed by atoms with E-state index in [1.807, 2.05) is 17.9 Å². The highest BCUT2D eigenvalue weighted by Crippen LogP contribution is 2.42. The van der Waals surface area contributed by atoms with E-state index in [1.54, 1.807) is 30.5 Å². The van der Waals surface area contributed by atoms with Gasteiger partial charge in [-0.3, -0.25) is 9.20 Å². The zero-order chi connectivity index (χ0) is 21.8. The van der Waals surface area contributed by atoms with Crippen LogP contribution in [0.4, 0.5) is 5.69 Å². The summed E-state index contributed by atoms with van der Waals surface area (Å²) < 4.78 is 34.1. The molecule has 2 aromatic heterocycles. The van der Waals surface area contributed by atoms with E-state index in [1.165, 1.54) is 22.2 Å². The third-order valence-electron chi connectivity index (χ3n) is 4.92. The number of ether oxygens (including phenoxy) is 1. The van der Waals surface area contributed by atoms with Gasteiger partial charge in [0.05, 0.1) is 22.7 Å². The standard InChI is InChI=1S/C20H16N4O5S2/c1-12-2-5-17-21-14(9-18(25)24(17)10-12)11-29-19(26)13-3-4-15-16(8-13)30-20-22-31(27,28)7-6-23(15)20/h2-5,8-10H,6-7,11H2,1H3. The molecule has 0 bridgehead atoms. The SMILES string of the molecule is Cc1ccc2nc(COC(=O)c3ccc4c(c3)SC3=NS(=O)(=O)CCN34)cc(=O)n2c1. The number of fused-ring (bicyclic) bond motifs is 4. The van der Waals surface area contributed by atoms with Crippen LogP contribution in [0.1, 0.15) is 21.6 Å². The second kappa shape index (κ2) is 7.20. The molecule has 0 aliphatic carbocycles. The van der Waals surface area contributed by atoms with Crippen LogP contribution in [0.2, 0.25) is 0 Å². The lowest BCUT2D eigenvalue weighted by Crippen LogP contribution is -2.35. The van der Waals surface area contributed by atoms with Crippen LogP contribution in [0, 0.1) is 6.92 Å². The maximum Gasteiger partial charge on any atom is 0.338 e. The molecule has 9 nitrogen and oxygen atoms in total. The van der Waals surface area contributed by atoms with Gasteiger partial charge in [-0.1, -0.05) is 6.07 Å². The van der Waals surface area contributed by atoms with Gasteiger partial charge in [0, 0.05) is 23.7 Å². The van der Waals surface area contributed by atoms with Gasteiger partial charge in [-0.2, -0.15) is 0 Å². The van der Waals surface area contributed by atoms with Crippen LogP contribution < -0.4 is 10.5 Å². The van der Waals surface area contributed by atoms with E-state index in [-0.39, 0.29) is 17.9 Å². The second-order valence-electron chi connectivity index (χ2n) is 7.19. The van der Waals surface area contributed by atoms with Crippen LogP contribution in [-0.2, 0) is 21.4 Å². The number of pyridine rings is 1. The van der Waals surface area contributed by atoms with Crippen molar-refractivity contribution in [1.82, 2.24) is 9.38 Å². The monoisotopic (exact) mass is 456 g/mol. The molecule has 2 aliphatic rings. The number of esters is 1. The zero-order valence-corrected chi connectivity index (χ0v) is 17.9. The number of benzene rings is 1. The number of hydrogen-bond donors (Lipinski definition) is 0. The molecule has 11 heteroatoms. The average molecular weight is 457 g/mol. The third kappa shape index (κ3) is 3.70. The van der Waals surface area contributed by atoms with Crippen molar-refractivity contribution >= 4 is 44.3 Å². The lowest BCUT2D eigenvalue weighted by Gasteiger charge is -2.22. The minimum Gasteiger partial charge on any atom is -0.456 e. The smallest absolute Gasteiger partial charge is 0.338 e. The van der Waals surface area contributed by atoms with E-state index >= 15 is 0 Å². The maximum absolute atomic E-state index is 12.5. The average Bonchev–Trinajstić information content (AvgIpc) is 3.07. The summed E-state index contributed by atoms with van der Waals surface area (Å²) in [6.45, 7) is 2.07. The molecule has 4 heterocycles. The van der Waals surface area contributed by atoms with Gasteiger partial charge in [-0.25, -0.2) is 18.2 Å². The Labute approximate surface area is 181 Å². The van der Waals surface area contributed by atoms with Gasteiger partial charge in [0.1, 0.15) is 12.3 Å². The van der Waals surface area contributed by atoms with Crippen molar-refractivity contribution in [2.24, 2.45) is 4.40 Å². The highest BCUT2D eigenvalue weighted by molar-refractivity contribution is 8.15. The fourth-order valence-corrected chi connectivity index (χ4v) is 5.71. The van der Waals surface area contributed by atoms with Crippen molar-refractivity contribution in [3.63, 3.8) is 0 Å². The van der Waals surface area contributed by atoms with Crippen LogP contribution in [0.15, 0.2) is 56.7 Å². The van der Waals surface area contributed by atoms with E-state index < -0.39 is 16.0 Å². The summed E-state index contributed by atoms with van der Waals surface area (Å²) in [5.74, 6) is -0.604. The van der Waals surface area contributed by atoms with E-state index in [4.69, 9.17) is 4.74 Å². The van der Waals surface area contributed by atoms with Gasteiger partial charge < -0.3 is 9.64 Å². The molecule has 0 amide bonds. The lowest BCUT2D eigenvalue weighted by molar-refractivity contribution is 0.0467. The van der Waals surface area contributed by atoms with Crippen molar-refractivity contribution in [2.75, 3.05) is 17.2 Å². The Bertz CT molecular complexity index is 1450. The van der Waals surface area contributed by atoms with E-state index in [9.17, 15) is 18.0 Å². The minimum absolute atomic E-state index is 0.0430. The van der Waals surface area contributed by atoms with Crippen LogP contribution in [0.25, 0.3) is 5.65 Å². The lowest BCUT2D eigenvalue weighted by atomic mass is 10.2. The van der Waals surface area contributed by atoms with Crippen molar-refractivity contribution < 1.29 is 17.9 Å². The summed E-state index contributed by atoms with van der Waals surface area (Å²) in [7, 11) is -3.44. The van der Waals surface area contributed by atoms with Crippen molar-refractivity contribution in [3.8, 4) is 0 Å². The number of nitrogens with zero attached hydrogens (tertiary/aromatic N) is 4. The highest BCUT2D eigenvalue weighted by Gasteiger charge is 2.33. The largest absolute Gasteiger partial charge is 0.456 e. The first-order chi connectivity index (χ1) is 14.8. The normalized spacial score (nSPS) is 16.5. The summed E-state index contributed by atoms with van der Waals surface area (Å²) in [6, 6.07) is 9.96. The van der Waals surface area contributed by atoms with Crippen LogP contribution in [0.5, 0.6) is 0 Å². The molecule has 3 aromatic rings. The number of thioether (sulfide) groups is 1. The van der Waals surface area contributed by atoms with Gasteiger partial charge in [-0.15, -0.1) is 4.40 Å². The Morgan fingerprint density at radius 1 is 1.23 bits per heavy atom. The third-order valence-corrected chi connectivity index (χ3v) is 7.23. The molecule has 158 valence electrons. The molecular weight excluding hydrogens is 440 g/mol. The molecule has 0 saturated carbocycles. The number of rotatable bonds is 3. The van der Waals surface area contributed by atoms with Crippen molar-refractivity contribution in [2.45, 2.75) is 18.4 Å². The number of carbonyl (C=O) groups excluding carboxylic acids is 1. The topological polar surface area (TPSA) is 110 Å². The molecule has 0 spiro atoms. The quantitative estimate of drug-likeness (QED) is 0.550. The summed E-state index contributed by atoms with van der Waals surface area (Å²) in [6.07, 6.45) is 1.70. The number of anilines is 1. The molecule has 0 N–H and O–H groups in total. The summed E-state index contributed by atoms with van der Waals surface area (Å²) in [5, 5.41) is 0.392. The van der Waals surface area contributed by atoms with E-state index in [0.29, 0.717) is 28.6 Å². The van der Waals surface area contributed by atoms with Crippen molar-refractivity contribution in [1.29, 1.82) is 0 Å². The fourth-order valence-electron chi connectivity index (χ4n) is 3.41. The molecule has 2 aliphatic heterocycles. The fraction of sp³-hybridized carbons (Fsp3) is 0.200. The summed E-state index contributed by atoms with van der Waals surface area (Å²) in [5.41, 5.74) is 2.66. The number of amidine groups is 1. The Kier molecular flexibility index (Phi) is 4.59. The molecular formula is C20H16N4O5S2. The Morgan fingerprint density at radius 2 is 2.06 bits per heavy atom. The van der Waals surface area contributed by atoms with Gasteiger partial charge in [0.25, 0.3) is 15.6 Å². The maximum atomic E-state index is 12.5. The molecule has 1 aromatic carbocycles. The van der Waals surface area contributed by atoms with Crippen LogP contribution in [-0.4, -0.2) is 41.2 Å². The molecule has 0 radical (unpaired) electrons. The minimum atomic E-state index is -3.44. The number of aromatic nitrogens is 2. The summed E-state index contributed by atoms with van der Waals surface area (Å²) in [4.78, 5) is 31.8. The molecule has 0 saturated heterocycles. The Morgan fingerprint density at radius 3 is 2.90 bits per heavy atom. The first-order valence-corrected chi connectivity index (χ1v) is 11.8. The predicted octanol–water partition coefficient (Wildman–Crippen LogP) is 1.97. The van der Waals surface area contributed by atoms with Crippen LogP contribution >= 0.6 is 11.8 Å². The first kappa shape index (κ1) is 19.8. The highest BCUT2D eigenvalue weighted by atomic mass is 32.2. The number of hydrogen-bond acceptors (Lipinski definition) is 8. The van der Waals surface area contributed by atoms with Crippen molar-refractivity contribution in [3.05, 3.63) is 69.8 Å². The number of sulfonamides is 1. The molecule has 0 fully saturated rings. The predicted molar refractivity (Wildman–Crippen MR) is 116 cm³/mol. The number of carbonyl (C=O) groups is 1. The van der Waals surface area contributed by atoms with Crippen LogP contribution in [0.3, 0.4) is 0 Å². The summed E-state index contributed by atoms with van der Waals surface area (Å²) >= 11 is 1.21. The number of aryl methyl sites for hydroxylation is 1. The van der Waals surface area contributed by atoms with Gasteiger partial charge >= 0.3 is 5.97 Å². The second-order valence-corrected chi connectivity index (χ2v) is 9.96.